The normalized spacial score (nSPS) is 10.4. The fraction of sp³-hybridized carbons (Fsp3) is 0.111. The van der Waals surface area contributed by atoms with Gasteiger partial charge >= 0.3 is 0 Å². The van der Waals surface area contributed by atoms with Crippen molar-refractivity contribution in [1.82, 2.24) is 9.97 Å². The maximum atomic E-state index is 5.55. The van der Waals surface area contributed by atoms with Gasteiger partial charge in [0.15, 0.2) is 5.76 Å². The molecule has 2 N–H and O–H groups in total. The molecule has 4 nitrogen and oxygen atoms in total. The van der Waals surface area contributed by atoms with Crippen molar-refractivity contribution in [3.63, 3.8) is 0 Å². The number of nitrogens with two attached hydrogens (primary N) is 1. The number of nitrogens with zero attached hydrogens (tertiary/aromatic N) is 2. The van der Waals surface area contributed by atoms with Crippen LogP contribution in [0.2, 0.25) is 0 Å². The lowest BCUT2D eigenvalue weighted by atomic mass is 10.3. The van der Waals surface area contributed by atoms with E-state index in [2.05, 4.69) is 25.9 Å². The van der Waals surface area contributed by atoms with Gasteiger partial charge < -0.3 is 10.2 Å². The van der Waals surface area contributed by atoms with E-state index < -0.39 is 0 Å². The monoisotopic (exact) mass is 253 g/mol. The molecule has 2 aromatic rings. The van der Waals surface area contributed by atoms with Gasteiger partial charge in [0.2, 0.25) is 5.95 Å². The molecule has 0 bridgehead atoms. The van der Waals surface area contributed by atoms with Crippen LogP contribution in [-0.4, -0.2) is 9.97 Å². The van der Waals surface area contributed by atoms with Crippen LogP contribution in [0.1, 0.15) is 5.69 Å². The second-order valence-electron chi connectivity index (χ2n) is 2.81. The highest BCUT2D eigenvalue weighted by Gasteiger charge is 2.11. The van der Waals surface area contributed by atoms with Crippen molar-refractivity contribution >= 4 is 21.9 Å². The lowest BCUT2D eigenvalue weighted by Crippen LogP contribution is -1.99. The molecular weight excluding hydrogens is 246 g/mol. The van der Waals surface area contributed by atoms with Gasteiger partial charge in [-0.05, 0) is 35.0 Å². The second kappa shape index (κ2) is 3.42. The summed E-state index contributed by atoms with van der Waals surface area (Å²) in [7, 11) is 0. The number of rotatable bonds is 1. The van der Waals surface area contributed by atoms with Crippen LogP contribution < -0.4 is 5.73 Å². The van der Waals surface area contributed by atoms with Crippen LogP contribution in [0, 0.1) is 6.92 Å². The first kappa shape index (κ1) is 9.21. The van der Waals surface area contributed by atoms with Crippen LogP contribution >= 0.6 is 15.9 Å². The zero-order valence-electron chi connectivity index (χ0n) is 7.49. The minimum absolute atomic E-state index is 0.247. The number of aromatic nitrogens is 2. The van der Waals surface area contributed by atoms with E-state index in [9.17, 15) is 0 Å². The highest BCUT2D eigenvalue weighted by Crippen LogP contribution is 2.28. The molecule has 0 aliphatic rings. The Morgan fingerprint density at radius 3 is 2.86 bits per heavy atom. The van der Waals surface area contributed by atoms with E-state index in [-0.39, 0.29) is 5.95 Å². The molecule has 2 heterocycles. The molecule has 0 fully saturated rings. The molecule has 0 saturated carbocycles. The van der Waals surface area contributed by atoms with Gasteiger partial charge in [-0.1, -0.05) is 0 Å². The summed E-state index contributed by atoms with van der Waals surface area (Å²) in [6.07, 6.45) is 1.59. The van der Waals surface area contributed by atoms with Gasteiger partial charge in [0.25, 0.3) is 0 Å². The van der Waals surface area contributed by atoms with E-state index in [0.29, 0.717) is 11.5 Å². The third-order valence-electron chi connectivity index (χ3n) is 1.79. The molecule has 0 aliphatic heterocycles. The summed E-state index contributed by atoms with van der Waals surface area (Å²) in [6, 6.07) is 3.63. The molecule has 72 valence electrons. The first-order chi connectivity index (χ1) is 6.68. The van der Waals surface area contributed by atoms with Crippen LogP contribution in [0.4, 0.5) is 5.95 Å². The summed E-state index contributed by atoms with van der Waals surface area (Å²) in [5.41, 5.74) is 7.03. The van der Waals surface area contributed by atoms with E-state index in [0.717, 1.165) is 10.2 Å². The van der Waals surface area contributed by atoms with Gasteiger partial charge in [-0.3, -0.25) is 0 Å². The average molecular weight is 254 g/mol. The highest BCUT2D eigenvalue weighted by atomic mass is 79.9. The quantitative estimate of drug-likeness (QED) is 0.848. The number of hydrogen-bond acceptors (Lipinski definition) is 4. The number of aryl methyl sites for hydroxylation is 1. The summed E-state index contributed by atoms with van der Waals surface area (Å²) in [5.74, 6) is 0.922. The molecule has 0 aliphatic carbocycles. The first-order valence-electron chi connectivity index (χ1n) is 4.02. The SMILES string of the molecule is Cc1nc(N)nc(-c2ccco2)c1Br. The average Bonchev–Trinajstić information content (AvgIpc) is 2.63. The molecule has 0 saturated heterocycles. The third kappa shape index (κ3) is 1.50. The molecule has 2 rings (SSSR count). The van der Waals surface area contributed by atoms with Crippen molar-refractivity contribution in [3.05, 3.63) is 28.6 Å². The Morgan fingerprint density at radius 1 is 1.43 bits per heavy atom. The third-order valence-corrected chi connectivity index (χ3v) is 2.74. The molecular formula is C9H8BrN3O. The fourth-order valence-corrected chi connectivity index (χ4v) is 1.53. The minimum Gasteiger partial charge on any atom is -0.463 e. The van der Waals surface area contributed by atoms with Gasteiger partial charge in [0, 0.05) is 0 Å². The van der Waals surface area contributed by atoms with Gasteiger partial charge in [-0.2, -0.15) is 0 Å². The summed E-state index contributed by atoms with van der Waals surface area (Å²) in [4.78, 5) is 8.12. The standard InChI is InChI=1S/C9H8BrN3O/c1-5-7(10)8(13-9(11)12-5)6-3-2-4-14-6/h2-4H,1H3,(H2,11,12,13). The molecule has 0 amide bonds. The topological polar surface area (TPSA) is 64.9 Å². The molecule has 0 atom stereocenters. The van der Waals surface area contributed by atoms with Gasteiger partial charge in [-0.25, -0.2) is 9.97 Å². The number of hydrogen-bond donors (Lipinski definition) is 1. The lowest BCUT2D eigenvalue weighted by molar-refractivity contribution is 0.579. The Kier molecular flexibility index (Phi) is 2.25. The van der Waals surface area contributed by atoms with Crippen molar-refractivity contribution in [2.75, 3.05) is 5.73 Å². The largest absolute Gasteiger partial charge is 0.463 e. The second-order valence-corrected chi connectivity index (χ2v) is 3.60. The Morgan fingerprint density at radius 2 is 2.21 bits per heavy atom. The highest BCUT2D eigenvalue weighted by molar-refractivity contribution is 9.10. The minimum atomic E-state index is 0.247. The van der Waals surface area contributed by atoms with Crippen LogP contribution in [0.5, 0.6) is 0 Å². The predicted molar refractivity (Wildman–Crippen MR) is 56.6 cm³/mol. The van der Waals surface area contributed by atoms with Crippen LogP contribution in [0.25, 0.3) is 11.5 Å². The van der Waals surface area contributed by atoms with Gasteiger partial charge in [0.05, 0.1) is 16.4 Å². The summed E-state index contributed by atoms with van der Waals surface area (Å²) >= 11 is 3.40. The van der Waals surface area contributed by atoms with Gasteiger partial charge in [-0.15, -0.1) is 0 Å². The van der Waals surface area contributed by atoms with Crippen molar-refractivity contribution < 1.29 is 4.42 Å². The predicted octanol–water partition coefficient (Wildman–Crippen LogP) is 2.39. The first-order valence-corrected chi connectivity index (χ1v) is 4.81. The maximum absolute atomic E-state index is 5.55. The molecule has 0 spiro atoms. The summed E-state index contributed by atoms with van der Waals surface area (Å²) < 4.78 is 6.04. The summed E-state index contributed by atoms with van der Waals surface area (Å²) in [5, 5.41) is 0. The van der Waals surface area contributed by atoms with Crippen molar-refractivity contribution in [1.29, 1.82) is 0 Å². The smallest absolute Gasteiger partial charge is 0.220 e. The molecule has 0 aromatic carbocycles. The van der Waals surface area contributed by atoms with Crippen molar-refractivity contribution in [3.8, 4) is 11.5 Å². The number of furan rings is 1. The maximum Gasteiger partial charge on any atom is 0.220 e. The Bertz CT molecular complexity index is 453. The Labute approximate surface area is 89.3 Å². The van der Waals surface area contributed by atoms with Crippen molar-refractivity contribution in [2.45, 2.75) is 6.92 Å². The number of halogens is 1. The molecule has 0 unspecified atom stereocenters. The molecule has 14 heavy (non-hydrogen) atoms. The Balaban J connectivity index is 2.64. The van der Waals surface area contributed by atoms with E-state index in [1.807, 2.05) is 13.0 Å². The molecule has 5 heteroatoms. The molecule has 0 radical (unpaired) electrons. The zero-order valence-corrected chi connectivity index (χ0v) is 9.08. The number of anilines is 1. The van der Waals surface area contributed by atoms with Gasteiger partial charge in [0.1, 0.15) is 5.69 Å². The Hall–Kier alpha value is -1.36. The van der Waals surface area contributed by atoms with Crippen molar-refractivity contribution in [2.24, 2.45) is 0 Å². The lowest BCUT2D eigenvalue weighted by Gasteiger charge is -2.03. The fourth-order valence-electron chi connectivity index (χ4n) is 1.16. The van der Waals surface area contributed by atoms with E-state index in [1.165, 1.54) is 0 Å². The van der Waals surface area contributed by atoms with E-state index in [1.54, 1.807) is 12.3 Å². The van der Waals surface area contributed by atoms with E-state index >= 15 is 0 Å². The van der Waals surface area contributed by atoms with E-state index in [4.69, 9.17) is 10.2 Å². The van der Waals surface area contributed by atoms with Crippen LogP contribution in [0.15, 0.2) is 27.3 Å². The zero-order chi connectivity index (χ0) is 10.1. The van der Waals surface area contributed by atoms with Crippen LogP contribution in [0.3, 0.4) is 0 Å². The van der Waals surface area contributed by atoms with Crippen LogP contribution in [-0.2, 0) is 0 Å². The summed E-state index contributed by atoms with van der Waals surface area (Å²) in [6.45, 7) is 1.86. The molecule has 2 aromatic heterocycles. The number of nitrogen functional groups attached to an aromatic ring is 1.